The number of nitrogens with zero attached hydrogens (tertiary/aromatic N) is 1. The lowest BCUT2D eigenvalue weighted by atomic mass is 10.1. The Balaban J connectivity index is 2.55. The quantitative estimate of drug-likeness (QED) is 0.760. The Bertz CT molecular complexity index is 766. The van der Waals surface area contributed by atoms with Crippen LogP contribution in [0.15, 0.2) is 33.5 Å². The normalized spacial score (nSPS) is 10.6. The maximum Gasteiger partial charge on any atom is 0.336 e. The summed E-state index contributed by atoms with van der Waals surface area (Å²) < 4.78 is 5.11. The summed E-state index contributed by atoms with van der Waals surface area (Å²) in [5, 5.41) is 0.748. The van der Waals surface area contributed by atoms with Crippen LogP contribution in [0.3, 0.4) is 0 Å². The number of rotatable bonds is 4. The molecule has 0 bridgehead atoms. The van der Waals surface area contributed by atoms with Gasteiger partial charge in [0.15, 0.2) is 0 Å². The molecule has 0 atom stereocenters. The number of fused-ring (bicyclic) bond motifs is 1. The van der Waals surface area contributed by atoms with E-state index in [-0.39, 0.29) is 13.1 Å². The Kier molecular flexibility index (Phi) is 4.04. The van der Waals surface area contributed by atoms with E-state index in [1.807, 2.05) is 0 Å². The van der Waals surface area contributed by atoms with Crippen molar-refractivity contribution in [3.63, 3.8) is 0 Å². The molecule has 2 amide bonds. The molecule has 0 aliphatic carbocycles. The number of carbonyl (C=O) groups is 2. The summed E-state index contributed by atoms with van der Waals surface area (Å²) >= 11 is 0. The highest BCUT2D eigenvalue weighted by Gasteiger charge is 2.17. The summed E-state index contributed by atoms with van der Waals surface area (Å²) in [5.74, 6) is -1.12. The van der Waals surface area contributed by atoms with Gasteiger partial charge in [-0.2, -0.15) is 0 Å². The Labute approximate surface area is 120 Å². The molecule has 0 saturated heterocycles. The monoisotopic (exact) mass is 289 g/mol. The van der Waals surface area contributed by atoms with E-state index < -0.39 is 17.4 Å². The average molecular weight is 289 g/mol. The van der Waals surface area contributed by atoms with E-state index in [4.69, 9.17) is 15.9 Å². The van der Waals surface area contributed by atoms with Crippen LogP contribution < -0.4 is 22.0 Å². The zero-order valence-electron chi connectivity index (χ0n) is 11.5. The molecular formula is C14H15N3O4. The third-order valence-corrected chi connectivity index (χ3v) is 3.04. The number of hydrogen-bond acceptors (Lipinski definition) is 5. The van der Waals surface area contributed by atoms with Gasteiger partial charge in [0.2, 0.25) is 11.8 Å². The second kappa shape index (κ2) is 5.76. The highest BCUT2D eigenvalue weighted by atomic mass is 16.4. The molecule has 0 aliphatic heterocycles. The number of primary amides is 1. The third-order valence-electron chi connectivity index (χ3n) is 3.04. The van der Waals surface area contributed by atoms with Gasteiger partial charge < -0.3 is 20.8 Å². The second-order valence-corrected chi connectivity index (χ2v) is 4.58. The lowest BCUT2D eigenvalue weighted by molar-refractivity contribution is -0.121. The van der Waals surface area contributed by atoms with Gasteiger partial charge in [0, 0.05) is 23.2 Å². The molecule has 1 aromatic heterocycles. The van der Waals surface area contributed by atoms with E-state index in [0.29, 0.717) is 11.3 Å². The van der Waals surface area contributed by atoms with Gasteiger partial charge in [0.1, 0.15) is 12.1 Å². The zero-order chi connectivity index (χ0) is 15.6. The van der Waals surface area contributed by atoms with Gasteiger partial charge >= 0.3 is 5.63 Å². The number of anilines is 1. The van der Waals surface area contributed by atoms with Gasteiger partial charge in [-0.1, -0.05) is 0 Å². The van der Waals surface area contributed by atoms with E-state index >= 15 is 0 Å². The molecule has 7 heteroatoms. The minimum absolute atomic E-state index is 0.261. The van der Waals surface area contributed by atoms with Gasteiger partial charge in [-0.05, 0) is 24.6 Å². The Morgan fingerprint density at radius 3 is 2.62 bits per heavy atom. The van der Waals surface area contributed by atoms with Crippen LogP contribution in [0, 0.1) is 6.92 Å². The van der Waals surface area contributed by atoms with Crippen molar-refractivity contribution in [1.82, 2.24) is 0 Å². The van der Waals surface area contributed by atoms with Gasteiger partial charge in [-0.25, -0.2) is 4.79 Å². The Hall–Kier alpha value is -2.67. The number of nitrogens with two attached hydrogens (primary N) is 2. The number of hydrogen-bond donors (Lipinski definition) is 2. The molecular weight excluding hydrogens is 274 g/mol. The molecule has 0 radical (unpaired) electrons. The summed E-state index contributed by atoms with van der Waals surface area (Å²) in [5.41, 5.74) is 11.5. The molecule has 7 nitrogen and oxygen atoms in total. The SMILES string of the molecule is Cc1cc(=O)oc2cc(N(CC(N)=O)C(=O)CN)ccc12. The minimum atomic E-state index is -0.664. The summed E-state index contributed by atoms with van der Waals surface area (Å²) in [4.78, 5) is 35.5. The fraction of sp³-hybridized carbons (Fsp3) is 0.214. The molecule has 2 rings (SSSR count). The minimum Gasteiger partial charge on any atom is -0.423 e. The van der Waals surface area contributed by atoms with E-state index in [1.165, 1.54) is 12.1 Å². The van der Waals surface area contributed by atoms with Crippen LogP contribution in [0.5, 0.6) is 0 Å². The van der Waals surface area contributed by atoms with Crippen molar-refractivity contribution in [1.29, 1.82) is 0 Å². The summed E-state index contributed by atoms with van der Waals surface area (Å²) in [6, 6.07) is 6.25. The van der Waals surface area contributed by atoms with Crippen molar-refractivity contribution in [3.8, 4) is 0 Å². The average Bonchev–Trinajstić information content (AvgIpc) is 2.42. The molecule has 0 fully saturated rings. The lowest BCUT2D eigenvalue weighted by Gasteiger charge is -2.20. The third kappa shape index (κ3) is 3.09. The summed E-state index contributed by atoms with van der Waals surface area (Å²) in [7, 11) is 0. The molecule has 1 heterocycles. The van der Waals surface area contributed by atoms with Crippen LogP contribution in [0.2, 0.25) is 0 Å². The van der Waals surface area contributed by atoms with Gasteiger partial charge in [0.25, 0.3) is 0 Å². The highest BCUT2D eigenvalue weighted by molar-refractivity contribution is 6.00. The molecule has 21 heavy (non-hydrogen) atoms. The summed E-state index contributed by atoms with van der Waals surface area (Å²) in [6.07, 6.45) is 0. The van der Waals surface area contributed by atoms with Crippen molar-refractivity contribution in [2.45, 2.75) is 6.92 Å². The Morgan fingerprint density at radius 2 is 2.00 bits per heavy atom. The number of amides is 2. The Morgan fingerprint density at radius 1 is 1.29 bits per heavy atom. The van der Waals surface area contributed by atoms with E-state index in [0.717, 1.165) is 15.8 Å². The molecule has 0 aliphatic rings. The predicted molar refractivity (Wildman–Crippen MR) is 77.8 cm³/mol. The van der Waals surface area contributed by atoms with Gasteiger partial charge in [-0.3, -0.25) is 9.59 Å². The largest absolute Gasteiger partial charge is 0.423 e. The molecule has 4 N–H and O–H groups in total. The van der Waals surface area contributed by atoms with E-state index in [2.05, 4.69) is 0 Å². The van der Waals surface area contributed by atoms with Gasteiger partial charge in [0.05, 0.1) is 6.54 Å². The van der Waals surface area contributed by atoms with E-state index in [9.17, 15) is 14.4 Å². The van der Waals surface area contributed by atoms with Crippen LogP contribution in [-0.4, -0.2) is 24.9 Å². The first-order valence-electron chi connectivity index (χ1n) is 6.25. The predicted octanol–water partition coefficient (Wildman–Crippen LogP) is -0.122. The smallest absolute Gasteiger partial charge is 0.336 e. The number of aryl methyl sites for hydroxylation is 1. The molecule has 1 aromatic carbocycles. The highest BCUT2D eigenvalue weighted by Crippen LogP contribution is 2.23. The standard InChI is InChI=1S/C14H15N3O4/c1-8-4-14(20)21-11-5-9(2-3-10(8)11)17(7-12(16)18)13(19)6-15/h2-5H,6-7,15H2,1H3,(H2,16,18). The fourth-order valence-corrected chi connectivity index (χ4v) is 2.07. The number of carbonyl (C=O) groups excluding carboxylic acids is 2. The van der Waals surface area contributed by atoms with Crippen molar-refractivity contribution in [2.75, 3.05) is 18.0 Å². The van der Waals surface area contributed by atoms with Crippen molar-refractivity contribution in [2.24, 2.45) is 11.5 Å². The second-order valence-electron chi connectivity index (χ2n) is 4.58. The first-order chi connectivity index (χ1) is 9.92. The van der Waals surface area contributed by atoms with Crippen molar-refractivity contribution in [3.05, 3.63) is 40.2 Å². The van der Waals surface area contributed by atoms with Crippen molar-refractivity contribution < 1.29 is 14.0 Å². The molecule has 0 saturated carbocycles. The molecule has 0 unspecified atom stereocenters. The fourth-order valence-electron chi connectivity index (χ4n) is 2.07. The first-order valence-corrected chi connectivity index (χ1v) is 6.25. The maximum atomic E-state index is 11.8. The van der Waals surface area contributed by atoms with Crippen LogP contribution in [0.1, 0.15) is 5.56 Å². The van der Waals surface area contributed by atoms with Crippen molar-refractivity contribution >= 4 is 28.5 Å². The van der Waals surface area contributed by atoms with Gasteiger partial charge in [-0.15, -0.1) is 0 Å². The van der Waals surface area contributed by atoms with Crippen LogP contribution in [0.4, 0.5) is 5.69 Å². The first kappa shape index (κ1) is 14.7. The maximum absolute atomic E-state index is 11.8. The van der Waals surface area contributed by atoms with Crippen LogP contribution in [0.25, 0.3) is 11.0 Å². The summed E-state index contributed by atoms with van der Waals surface area (Å²) in [6.45, 7) is 1.23. The van der Waals surface area contributed by atoms with Crippen LogP contribution >= 0.6 is 0 Å². The van der Waals surface area contributed by atoms with Crippen LogP contribution in [-0.2, 0) is 9.59 Å². The molecule has 110 valence electrons. The zero-order valence-corrected chi connectivity index (χ0v) is 11.5. The van der Waals surface area contributed by atoms with E-state index in [1.54, 1.807) is 19.1 Å². The molecule has 0 spiro atoms. The molecule has 2 aromatic rings. The number of benzene rings is 1. The lowest BCUT2D eigenvalue weighted by Crippen LogP contribution is -2.41. The topological polar surface area (TPSA) is 120 Å².